The molecule has 1 aromatic carbocycles. The number of alkyl halides is 3. The Balaban J connectivity index is 2.16. The van der Waals surface area contributed by atoms with Gasteiger partial charge in [-0.1, -0.05) is 11.6 Å². The van der Waals surface area contributed by atoms with Crippen LogP contribution >= 0.6 is 22.9 Å². The lowest BCUT2D eigenvalue weighted by atomic mass is 10.2. The summed E-state index contributed by atoms with van der Waals surface area (Å²) in [4.78, 5) is 1.10. The minimum absolute atomic E-state index is 0.287. The van der Waals surface area contributed by atoms with Crippen molar-refractivity contribution in [2.24, 2.45) is 0 Å². The lowest BCUT2D eigenvalue weighted by Gasteiger charge is -2.12. The minimum atomic E-state index is -4.44. The maximum Gasteiger partial charge on any atom is 0.417 e. The van der Waals surface area contributed by atoms with E-state index in [2.05, 4.69) is 5.32 Å². The van der Waals surface area contributed by atoms with Crippen LogP contribution in [0.25, 0.3) is 0 Å². The molecule has 102 valence electrons. The highest BCUT2D eigenvalue weighted by Gasteiger charge is 2.33. The van der Waals surface area contributed by atoms with Crippen LogP contribution in [0.4, 0.5) is 18.9 Å². The second kappa shape index (κ2) is 5.43. The zero-order valence-electron chi connectivity index (χ0n) is 10.0. The molecule has 0 aliphatic heterocycles. The van der Waals surface area contributed by atoms with E-state index in [4.69, 9.17) is 11.6 Å². The van der Waals surface area contributed by atoms with Gasteiger partial charge < -0.3 is 5.32 Å². The quantitative estimate of drug-likeness (QED) is 0.807. The van der Waals surface area contributed by atoms with Gasteiger partial charge in [-0.15, -0.1) is 11.3 Å². The summed E-state index contributed by atoms with van der Waals surface area (Å²) < 4.78 is 38.1. The van der Waals surface area contributed by atoms with Crippen LogP contribution in [0.2, 0.25) is 5.02 Å². The Labute approximate surface area is 118 Å². The van der Waals surface area contributed by atoms with Crippen molar-refractivity contribution in [3.8, 4) is 0 Å². The first kappa shape index (κ1) is 14.2. The summed E-state index contributed by atoms with van der Waals surface area (Å²) >= 11 is 7.13. The van der Waals surface area contributed by atoms with E-state index in [9.17, 15) is 13.2 Å². The zero-order valence-corrected chi connectivity index (χ0v) is 11.6. The average Bonchev–Trinajstić information content (AvgIpc) is 2.72. The van der Waals surface area contributed by atoms with E-state index in [1.54, 1.807) is 17.4 Å². The summed E-state index contributed by atoms with van der Waals surface area (Å²) in [6, 6.07) is 5.81. The van der Waals surface area contributed by atoms with Crippen LogP contribution in [0.5, 0.6) is 0 Å². The molecule has 1 N–H and O–H groups in total. The highest BCUT2D eigenvalue weighted by molar-refractivity contribution is 7.10. The van der Waals surface area contributed by atoms with Gasteiger partial charge in [0.2, 0.25) is 0 Å². The van der Waals surface area contributed by atoms with Crippen LogP contribution in [0, 0.1) is 6.92 Å². The average molecular weight is 306 g/mol. The van der Waals surface area contributed by atoms with Gasteiger partial charge in [0, 0.05) is 17.1 Å². The predicted molar refractivity (Wildman–Crippen MR) is 72.8 cm³/mol. The van der Waals surface area contributed by atoms with Gasteiger partial charge in [-0.05, 0) is 42.1 Å². The maximum atomic E-state index is 12.7. The van der Waals surface area contributed by atoms with E-state index >= 15 is 0 Å². The molecule has 0 fully saturated rings. The maximum absolute atomic E-state index is 12.7. The van der Waals surface area contributed by atoms with Gasteiger partial charge in [0.15, 0.2) is 0 Å². The van der Waals surface area contributed by atoms with E-state index < -0.39 is 11.7 Å². The molecule has 0 unspecified atom stereocenters. The molecule has 19 heavy (non-hydrogen) atoms. The molecule has 0 saturated carbocycles. The van der Waals surface area contributed by atoms with E-state index in [-0.39, 0.29) is 5.02 Å². The number of aryl methyl sites for hydroxylation is 1. The largest absolute Gasteiger partial charge is 0.417 e. The van der Waals surface area contributed by atoms with Crippen molar-refractivity contribution >= 4 is 28.6 Å². The topological polar surface area (TPSA) is 12.0 Å². The summed E-state index contributed by atoms with van der Waals surface area (Å²) in [5.74, 6) is 0. The van der Waals surface area contributed by atoms with Crippen LogP contribution in [-0.2, 0) is 12.7 Å². The fraction of sp³-hybridized carbons (Fsp3) is 0.231. The van der Waals surface area contributed by atoms with Crippen LogP contribution in [0.1, 0.15) is 16.0 Å². The molecular formula is C13H11ClF3NS. The molecular weight excluding hydrogens is 295 g/mol. The van der Waals surface area contributed by atoms with Gasteiger partial charge in [0.25, 0.3) is 0 Å². The third kappa shape index (κ3) is 3.42. The SMILES string of the molecule is Cc1ccsc1CNc1ccc(Cl)c(C(F)(F)F)c1. The predicted octanol–water partition coefficient (Wildman–Crippen LogP) is 5.34. The molecule has 1 nitrogen and oxygen atoms in total. The zero-order chi connectivity index (χ0) is 14.0. The highest BCUT2D eigenvalue weighted by atomic mass is 35.5. The molecule has 2 rings (SSSR count). The standard InChI is InChI=1S/C13H11ClF3NS/c1-8-4-5-19-12(8)7-18-9-2-3-11(14)10(6-9)13(15,16)17/h2-6,18H,7H2,1H3. The molecule has 0 amide bonds. The van der Waals surface area contributed by atoms with Crippen LogP contribution < -0.4 is 5.32 Å². The number of halogens is 4. The fourth-order valence-corrected chi connectivity index (χ4v) is 2.69. The highest BCUT2D eigenvalue weighted by Crippen LogP contribution is 2.36. The molecule has 1 heterocycles. The molecule has 1 aromatic heterocycles. The van der Waals surface area contributed by atoms with Crippen molar-refractivity contribution in [2.75, 3.05) is 5.32 Å². The van der Waals surface area contributed by atoms with Gasteiger partial charge in [0.05, 0.1) is 10.6 Å². The van der Waals surface area contributed by atoms with E-state index in [1.807, 2.05) is 18.4 Å². The van der Waals surface area contributed by atoms with Crippen molar-refractivity contribution in [3.05, 3.63) is 50.7 Å². The van der Waals surface area contributed by atoms with Gasteiger partial charge in [-0.3, -0.25) is 0 Å². The molecule has 0 bridgehead atoms. The molecule has 0 aliphatic rings. The van der Waals surface area contributed by atoms with Crippen LogP contribution in [0.3, 0.4) is 0 Å². The van der Waals surface area contributed by atoms with Crippen LogP contribution in [-0.4, -0.2) is 0 Å². The number of hydrogen-bond donors (Lipinski definition) is 1. The number of thiophene rings is 1. The van der Waals surface area contributed by atoms with Crippen molar-refractivity contribution in [1.29, 1.82) is 0 Å². The molecule has 0 radical (unpaired) electrons. The van der Waals surface area contributed by atoms with Crippen molar-refractivity contribution < 1.29 is 13.2 Å². The monoisotopic (exact) mass is 305 g/mol. The normalized spacial score (nSPS) is 11.6. The van der Waals surface area contributed by atoms with Gasteiger partial charge in [-0.25, -0.2) is 0 Å². The van der Waals surface area contributed by atoms with Gasteiger partial charge >= 0.3 is 6.18 Å². The summed E-state index contributed by atoms with van der Waals surface area (Å²) in [7, 11) is 0. The number of anilines is 1. The summed E-state index contributed by atoms with van der Waals surface area (Å²) in [6.45, 7) is 2.47. The van der Waals surface area contributed by atoms with Crippen LogP contribution in [0.15, 0.2) is 29.6 Å². The number of benzene rings is 1. The summed E-state index contributed by atoms with van der Waals surface area (Å²) in [5.41, 5.74) is 0.717. The Morgan fingerprint density at radius 3 is 2.58 bits per heavy atom. The molecule has 0 aliphatic carbocycles. The lowest BCUT2D eigenvalue weighted by Crippen LogP contribution is -2.07. The smallest absolute Gasteiger partial charge is 0.380 e. The molecule has 0 saturated heterocycles. The second-order valence-corrected chi connectivity index (χ2v) is 5.48. The third-order valence-electron chi connectivity index (χ3n) is 2.69. The summed E-state index contributed by atoms with van der Waals surface area (Å²) in [6.07, 6.45) is -4.44. The molecule has 2 aromatic rings. The van der Waals surface area contributed by atoms with Crippen molar-refractivity contribution in [2.45, 2.75) is 19.6 Å². The Morgan fingerprint density at radius 2 is 2.00 bits per heavy atom. The number of hydrogen-bond acceptors (Lipinski definition) is 2. The Bertz CT molecular complexity index is 578. The Hall–Kier alpha value is -1.20. The van der Waals surface area contributed by atoms with Gasteiger partial charge in [0.1, 0.15) is 0 Å². The Kier molecular flexibility index (Phi) is 4.06. The van der Waals surface area contributed by atoms with E-state index in [0.717, 1.165) is 16.5 Å². The van der Waals surface area contributed by atoms with E-state index in [1.165, 1.54) is 6.07 Å². The Morgan fingerprint density at radius 1 is 1.26 bits per heavy atom. The number of nitrogens with one attached hydrogen (secondary N) is 1. The van der Waals surface area contributed by atoms with Crippen molar-refractivity contribution in [1.82, 2.24) is 0 Å². The lowest BCUT2D eigenvalue weighted by molar-refractivity contribution is -0.137. The first-order valence-corrected chi connectivity index (χ1v) is 6.77. The third-order valence-corrected chi connectivity index (χ3v) is 4.05. The molecule has 0 spiro atoms. The summed E-state index contributed by atoms with van der Waals surface area (Å²) in [5, 5.41) is 4.65. The first-order valence-electron chi connectivity index (χ1n) is 5.51. The second-order valence-electron chi connectivity index (χ2n) is 4.07. The minimum Gasteiger partial charge on any atom is -0.380 e. The van der Waals surface area contributed by atoms with Crippen molar-refractivity contribution in [3.63, 3.8) is 0 Å². The molecule has 0 atom stereocenters. The first-order chi connectivity index (χ1) is 8.88. The van der Waals surface area contributed by atoms with E-state index in [0.29, 0.717) is 12.2 Å². The molecule has 6 heteroatoms. The fourth-order valence-electron chi connectivity index (χ4n) is 1.62. The number of rotatable bonds is 3. The van der Waals surface area contributed by atoms with Gasteiger partial charge in [-0.2, -0.15) is 13.2 Å².